The summed E-state index contributed by atoms with van der Waals surface area (Å²) in [4.78, 5) is 22.3. The summed E-state index contributed by atoms with van der Waals surface area (Å²) in [6, 6.07) is 14.9. The second kappa shape index (κ2) is 12.3. The number of benzene rings is 2. The van der Waals surface area contributed by atoms with E-state index in [2.05, 4.69) is 36.0 Å². The molecule has 0 saturated carbocycles. The molecule has 2 rings (SSSR count). The highest BCUT2D eigenvalue weighted by Gasteiger charge is 2.42. The minimum Gasteiger partial charge on any atom is -0.387 e. The molecule has 0 aliphatic heterocycles. The maximum Gasteiger partial charge on any atom is 0.491 e. The van der Waals surface area contributed by atoms with Gasteiger partial charge in [-0.05, 0) is 56.7 Å². The smallest absolute Gasteiger partial charge is 0.387 e. The van der Waals surface area contributed by atoms with E-state index in [0.29, 0.717) is 16.1 Å². The molecular weight excluding hydrogens is 471 g/mol. The number of carbonyl (C=O) groups is 2. The van der Waals surface area contributed by atoms with E-state index in [1.54, 1.807) is 18.2 Å². The first kappa shape index (κ1) is 27.8. The van der Waals surface area contributed by atoms with Crippen LogP contribution in [0, 0.1) is 0 Å². The number of aliphatic hydroxyl groups is 1. The van der Waals surface area contributed by atoms with E-state index >= 15 is 0 Å². The molecule has 0 radical (unpaired) electrons. The zero-order valence-electron chi connectivity index (χ0n) is 19.1. The third-order valence-corrected chi connectivity index (χ3v) is 5.70. The van der Waals surface area contributed by atoms with Crippen LogP contribution < -0.4 is 5.32 Å². The predicted molar refractivity (Wildman–Crippen MR) is 123 cm³/mol. The Morgan fingerprint density at radius 3 is 2.38 bits per heavy atom. The molecule has 2 aromatic rings. The van der Waals surface area contributed by atoms with Gasteiger partial charge in [0.05, 0.1) is 12.5 Å². The molecule has 34 heavy (non-hydrogen) atoms. The van der Waals surface area contributed by atoms with Gasteiger partial charge in [0.25, 0.3) is 0 Å². The summed E-state index contributed by atoms with van der Waals surface area (Å²) in [6.07, 6.45) is -3.73. The fourth-order valence-electron chi connectivity index (χ4n) is 3.41. The van der Waals surface area contributed by atoms with Gasteiger partial charge in [-0.3, -0.25) is 4.79 Å². The summed E-state index contributed by atoms with van der Waals surface area (Å²) in [6.45, 7) is 4.34. The van der Waals surface area contributed by atoms with Gasteiger partial charge < -0.3 is 15.2 Å². The van der Waals surface area contributed by atoms with Crippen LogP contribution in [0.4, 0.5) is 13.2 Å². The second-order valence-electron chi connectivity index (χ2n) is 8.73. The lowest BCUT2D eigenvalue weighted by atomic mass is 9.94. The molecule has 2 N–H and O–H groups in total. The van der Waals surface area contributed by atoms with Crippen LogP contribution in [0.5, 0.6) is 0 Å². The Morgan fingerprint density at radius 1 is 1.06 bits per heavy atom. The highest BCUT2D eigenvalue weighted by Crippen LogP contribution is 2.26. The number of halogens is 4. The van der Waals surface area contributed by atoms with Crippen LogP contribution in [0.25, 0.3) is 0 Å². The Hall–Kier alpha value is -2.42. The van der Waals surface area contributed by atoms with Crippen molar-refractivity contribution < 1.29 is 32.6 Å². The molecule has 1 atom stereocenters. The Morgan fingerprint density at radius 2 is 1.74 bits per heavy atom. The third kappa shape index (κ3) is 9.44. The van der Waals surface area contributed by atoms with E-state index in [0.717, 1.165) is 19.3 Å². The van der Waals surface area contributed by atoms with Crippen LogP contribution >= 0.6 is 11.6 Å². The minimum absolute atomic E-state index is 0.0271. The Labute approximate surface area is 202 Å². The highest BCUT2D eigenvalue weighted by molar-refractivity contribution is 6.31. The standard InChI is InChI=1S/C25H29ClF3NO4/c1-24(2,14-6-9-17-7-4-3-5-8-17)30-16-21(31)19-15-18(10-12-20(19)26)11-13-22(32)34-23(33)25(27,28)29/h3-5,7-8,10,12,15,21,30-31H,6,9,11,13-14,16H2,1-2H3/t21-/m1/s1. The van der Waals surface area contributed by atoms with Crippen molar-refractivity contribution in [3.63, 3.8) is 0 Å². The molecule has 9 heteroatoms. The molecule has 0 bridgehead atoms. The lowest BCUT2D eigenvalue weighted by Crippen LogP contribution is -2.41. The van der Waals surface area contributed by atoms with Crippen LogP contribution in [0.15, 0.2) is 48.5 Å². The third-order valence-electron chi connectivity index (χ3n) is 5.36. The van der Waals surface area contributed by atoms with Gasteiger partial charge in [0.1, 0.15) is 0 Å². The highest BCUT2D eigenvalue weighted by atomic mass is 35.5. The largest absolute Gasteiger partial charge is 0.491 e. The molecule has 0 aliphatic rings. The number of rotatable bonds is 11. The summed E-state index contributed by atoms with van der Waals surface area (Å²) in [5.74, 6) is -3.82. The van der Waals surface area contributed by atoms with Crippen molar-refractivity contribution in [3.8, 4) is 0 Å². The second-order valence-corrected chi connectivity index (χ2v) is 9.14. The fraction of sp³-hybridized carbons (Fsp3) is 0.440. The molecule has 0 aliphatic carbocycles. The monoisotopic (exact) mass is 499 g/mol. The molecule has 0 fully saturated rings. The normalized spacial score (nSPS) is 12.9. The predicted octanol–water partition coefficient (Wildman–Crippen LogP) is 5.33. The lowest BCUT2D eigenvalue weighted by Gasteiger charge is -2.28. The van der Waals surface area contributed by atoms with Gasteiger partial charge in [-0.1, -0.05) is 54.1 Å². The molecule has 0 unspecified atom stereocenters. The number of hydrogen-bond donors (Lipinski definition) is 2. The van der Waals surface area contributed by atoms with Gasteiger partial charge in [0, 0.05) is 22.7 Å². The van der Waals surface area contributed by atoms with Gasteiger partial charge in [-0.25, -0.2) is 4.79 Å². The summed E-state index contributed by atoms with van der Waals surface area (Å²) in [5, 5.41) is 14.3. The van der Waals surface area contributed by atoms with Crippen molar-refractivity contribution in [1.29, 1.82) is 0 Å². The van der Waals surface area contributed by atoms with E-state index in [4.69, 9.17) is 11.6 Å². The van der Waals surface area contributed by atoms with Crippen LogP contribution in [0.2, 0.25) is 5.02 Å². The van der Waals surface area contributed by atoms with Crippen molar-refractivity contribution in [2.75, 3.05) is 6.54 Å². The number of aryl methyl sites for hydroxylation is 2. The molecule has 0 aromatic heterocycles. The molecule has 0 amide bonds. The van der Waals surface area contributed by atoms with E-state index < -0.39 is 30.6 Å². The van der Waals surface area contributed by atoms with E-state index in [9.17, 15) is 27.9 Å². The molecule has 0 spiro atoms. The number of hydrogen-bond acceptors (Lipinski definition) is 5. The van der Waals surface area contributed by atoms with Crippen LogP contribution in [-0.4, -0.2) is 35.3 Å². The zero-order valence-corrected chi connectivity index (χ0v) is 19.9. The van der Waals surface area contributed by atoms with Crippen LogP contribution in [-0.2, 0) is 27.2 Å². The van der Waals surface area contributed by atoms with Crippen molar-refractivity contribution in [2.24, 2.45) is 0 Å². The minimum atomic E-state index is -5.23. The molecule has 5 nitrogen and oxygen atoms in total. The van der Waals surface area contributed by atoms with E-state index in [-0.39, 0.29) is 18.5 Å². The number of ether oxygens (including phenoxy) is 1. The first-order valence-electron chi connectivity index (χ1n) is 10.9. The number of nitrogens with one attached hydrogen (secondary N) is 1. The lowest BCUT2D eigenvalue weighted by molar-refractivity contribution is -0.201. The fourth-order valence-corrected chi connectivity index (χ4v) is 3.66. The van der Waals surface area contributed by atoms with E-state index in [1.165, 1.54) is 5.56 Å². The molecular formula is C25H29ClF3NO4. The van der Waals surface area contributed by atoms with Gasteiger partial charge in [0.15, 0.2) is 0 Å². The zero-order chi connectivity index (χ0) is 25.4. The van der Waals surface area contributed by atoms with Crippen LogP contribution in [0.3, 0.4) is 0 Å². The van der Waals surface area contributed by atoms with Crippen molar-refractivity contribution in [1.82, 2.24) is 5.32 Å². The molecule has 186 valence electrons. The summed E-state index contributed by atoms with van der Waals surface area (Å²) in [5.41, 5.74) is 2.05. The molecule has 0 heterocycles. The number of carbonyl (C=O) groups excluding carboxylic acids is 2. The number of esters is 2. The van der Waals surface area contributed by atoms with Crippen molar-refractivity contribution in [3.05, 3.63) is 70.2 Å². The summed E-state index contributed by atoms with van der Waals surface area (Å²) in [7, 11) is 0. The maximum absolute atomic E-state index is 12.2. The topological polar surface area (TPSA) is 75.6 Å². The maximum atomic E-state index is 12.2. The first-order chi connectivity index (χ1) is 15.9. The van der Waals surface area contributed by atoms with Crippen molar-refractivity contribution in [2.45, 2.75) is 63.8 Å². The average Bonchev–Trinajstić information content (AvgIpc) is 2.77. The molecule has 0 saturated heterocycles. The van der Waals surface area contributed by atoms with Crippen LogP contribution in [0.1, 0.15) is 55.9 Å². The SMILES string of the molecule is CC(C)(CCCc1ccccc1)NC[C@@H](O)c1cc(CCC(=O)OC(=O)C(F)(F)F)ccc1Cl. The van der Waals surface area contributed by atoms with Gasteiger partial charge in [0.2, 0.25) is 0 Å². The number of aliphatic hydroxyl groups excluding tert-OH is 1. The average molecular weight is 500 g/mol. The van der Waals surface area contributed by atoms with Gasteiger partial charge in [-0.2, -0.15) is 13.2 Å². The van der Waals surface area contributed by atoms with Gasteiger partial charge in [-0.15, -0.1) is 0 Å². The Balaban J connectivity index is 1.86. The Bertz CT molecular complexity index is 964. The molecule has 2 aromatic carbocycles. The first-order valence-corrected chi connectivity index (χ1v) is 11.3. The quantitative estimate of drug-likeness (QED) is 0.323. The number of alkyl halides is 3. The van der Waals surface area contributed by atoms with Crippen molar-refractivity contribution >= 4 is 23.5 Å². The van der Waals surface area contributed by atoms with Gasteiger partial charge >= 0.3 is 18.1 Å². The summed E-state index contributed by atoms with van der Waals surface area (Å²) < 4.78 is 40.3. The number of β-amino-alcohol motifs (C(OH)–C–C–N with tert-alkyl or cyclic N) is 1. The van der Waals surface area contributed by atoms with E-state index in [1.807, 2.05) is 18.2 Å². The Kier molecular flexibility index (Phi) is 10.1. The summed E-state index contributed by atoms with van der Waals surface area (Å²) >= 11 is 6.23.